The van der Waals surface area contributed by atoms with Gasteiger partial charge in [0, 0.05) is 0 Å². The Morgan fingerprint density at radius 3 is 2.50 bits per heavy atom. The first-order valence-electron chi connectivity index (χ1n) is 2.39. The van der Waals surface area contributed by atoms with Gasteiger partial charge in [0.1, 0.15) is 0 Å². The standard InChI is InChI=1S/C4H10NO2S/c1-2-3-5-4-8(6)7/h5,8H,1-4H2. The molecule has 0 aromatic rings. The van der Waals surface area contributed by atoms with E-state index in [2.05, 4.69) is 12.2 Å². The first kappa shape index (κ1) is 7.91. The second-order valence-corrected chi connectivity index (χ2v) is 2.33. The number of hydrogen-bond donors (Lipinski definition) is 2. The van der Waals surface area contributed by atoms with Crippen molar-refractivity contribution >= 4 is 10.7 Å². The molecule has 0 unspecified atom stereocenters. The highest BCUT2D eigenvalue weighted by atomic mass is 32.2. The van der Waals surface area contributed by atoms with Crippen LogP contribution < -0.4 is 5.32 Å². The molecule has 0 saturated carbocycles. The fraction of sp³-hybridized carbons (Fsp3) is 0.750. The minimum Gasteiger partial charge on any atom is -0.304 e. The van der Waals surface area contributed by atoms with E-state index in [1.165, 1.54) is 0 Å². The maximum Gasteiger partial charge on any atom is 0.153 e. The van der Waals surface area contributed by atoms with Crippen LogP contribution in [0, 0.1) is 6.92 Å². The van der Waals surface area contributed by atoms with Crippen LogP contribution in [0.5, 0.6) is 0 Å². The lowest BCUT2D eigenvalue weighted by molar-refractivity contribution is 0.606. The third kappa shape index (κ3) is 5.91. The van der Waals surface area contributed by atoms with E-state index in [1.54, 1.807) is 0 Å². The number of nitrogens with one attached hydrogen (secondary N) is 1. The van der Waals surface area contributed by atoms with Gasteiger partial charge in [-0.15, -0.1) is 0 Å². The summed E-state index contributed by atoms with van der Waals surface area (Å²) in [6.45, 7) is 4.19. The zero-order chi connectivity index (χ0) is 6.41. The average Bonchev–Trinajstić information content (AvgIpc) is 1.66. The predicted octanol–water partition coefficient (Wildman–Crippen LogP) is -0.631. The Labute approximate surface area is 51.0 Å². The van der Waals surface area contributed by atoms with E-state index in [0.29, 0.717) is 6.54 Å². The fourth-order valence-electron chi connectivity index (χ4n) is 0.295. The van der Waals surface area contributed by atoms with Gasteiger partial charge in [-0.3, -0.25) is 0 Å². The lowest BCUT2D eigenvalue weighted by Crippen LogP contribution is -2.16. The van der Waals surface area contributed by atoms with Crippen LogP contribution in [-0.2, 0) is 10.7 Å². The van der Waals surface area contributed by atoms with Crippen molar-refractivity contribution in [3.05, 3.63) is 6.92 Å². The van der Waals surface area contributed by atoms with Crippen molar-refractivity contribution in [2.75, 3.05) is 12.4 Å². The van der Waals surface area contributed by atoms with E-state index < -0.39 is 10.7 Å². The Morgan fingerprint density at radius 1 is 1.50 bits per heavy atom. The van der Waals surface area contributed by atoms with Crippen LogP contribution in [-0.4, -0.2) is 20.8 Å². The summed E-state index contributed by atoms with van der Waals surface area (Å²) in [5.74, 6) is 0.0743. The fourth-order valence-corrected chi connectivity index (χ4v) is 0.636. The normalized spacial score (nSPS) is 10.2. The Hall–Kier alpha value is -0.0900. The third-order valence-corrected chi connectivity index (χ3v) is 1.08. The van der Waals surface area contributed by atoms with E-state index in [4.69, 9.17) is 0 Å². The molecule has 0 atom stereocenters. The molecule has 0 saturated heterocycles. The van der Waals surface area contributed by atoms with Gasteiger partial charge in [0.05, 0.1) is 5.88 Å². The monoisotopic (exact) mass is 136 g/mol. The molecule has 0 spiro atoms. The topological polar surface area (TPSA) is 46.2 Å². The van der Waals surface area contributed by atoms with Gasteiger partial charge in [-0.2, -0.15) is 0 Å². The van der Waals surface area contributed by atoms with Gasteiger partial charge in [0.15, 0.2) is 10.7 Å². The zero-order valence-electron chi connectivity index (χ0n) is 4.59. The van der Waals surface area contributed by atoms with Crippen molar-refractivity contribution in [3.8, 4) is 0 Å². The molecule has 0 aliphatic heterocycles. The van der Waals surface area contributed by atoms with Crippen LogP contribution in [0.15, 0.2) is 0 Å². The highest BCUT2D eigenvalue weighted by Gasteiger charge is 1.81. The maximum atomic E-state index is 9.83. The minimum atomic E-state index is -2.25. The van der Waals surface area contributed by atoms with Gasteiger partial charge in [-0.25, -0.2) is 8.42 Å². The van der Waals surface area contributed by atoms with Gasteiger partial charge >= 0.3 is 0 Å². The Morgan fingerprint density at radius 2 is 2.12 bits per heavy atom. The molecule has 0 heterocycles. The molecule has 0 rings (SSSR count). The summed E-state index contributed by atoms with van der Waals surface area (Å²) in [4.78, 5) is 0. The van der Waals surface area contributed by atoms with Crippen LogP contribution in [0.3, 0.4) is 0 Å². The highest BCUT2D eigenvalue weighted by Crippen LogP contribution is 1.66. The van der Waals surface area contributed by atoms with E-state index in [1.807, 2.05) is 0 Å². The minimum absolute atomic E-state index is 0.0743. The predicted molar refractivity (Wildman–Crippen MR) is 33.2 cm³/mol. The number of rotatable bonds is 4. The van der Waals surface area contributed by atoms with Crippen molar-refractivity contribution in [2.45, 2.75) is 6.42 Å². The van der Waals surface area contributed by atoms with E-state index in [9.17, 15) is 8.42 Å². The van der Waals surface area contributed by atoms with Gasteiger partial charge in [-0.05, 0) is 13.0 Å². The van der Waals surface area contributed by atoms with Crippen molar-refractivity contribution in [1.29, 1.82) is 0 Å². The second-order valence-electron chi connectivity index (χ2n) is 1.34. The molecular formula is C4H10NO2S. The van der Waals surface area contributed by atoms with Gasteiger partial charge in [0.25, 0.3) is 0 Å². The number of hydrogen-bond acceptors (Lipinski definition) is 3. The maximum absolute atomic E-state index is 9.83. The molecule has 8 heavy (non-hydrogen) atoms. The molecular weight excluding hydrogens is 126 g/mol. The SMILES string of the molecule is [CH2]CCNC[SH](=O)=O. The highest BCUT2D eigenvalue weighted by molar-refractivity contribution is 7.72. The molecule has 3 nitrogen and oxygen atoms in total. The molecule has 49 valence electrons. The van der Waals surface area contributed by atoms with Crippen LogP contribution in [0.2, 0.25) is 0 Å². The van der Waals surface area contributed by atoms with Crippen molar-refractivity contribution in [1.82, 2.24) is 5.32 Å². The molecule has 0 fully saturated rings. The van der Waals surface area contributed by atoms with E-state index in [-0.39, 0.29) is 5.88 Å². The van der Waals surface area contributed by atoms with Crippen molar-refractivity contribution < 1.29 is 8.42 Å². The zero-order valence-corrected chi connectivity index (χ0v) is 5.49. The smallest absolute Gasteiger partial charge is 0.153 e. The van der Waals surface area contributed by atoms with Crippen LogP contribution in [0.1, 0.15) is 6.42 Å². The second kappa shape index (κ2) is 5.05. The van der Waals surface area contributed by atoms with Gasteiger partial charge in [-0.1, -0.05) is 6.92 Å². The summed E-state index contributed by atoms with van der Waals surface area (Å²) in [5, 5.41) is 2.68. The van der Waals surface area contributed by atoms with Crippen molar-refractivity contribution in [3.63, 3.8) is 0 Å². The van der Waals surface area contributed by atoms with E-state index in [0.717, 1.165) is 6.42 Å². The van der Waals surface area contributed by atoms with Crippen LogP contribution >= 0.6 is 0 Å². The van der Waals surface area contributed by atoms with Crippen molar-refractivity contribution in [2.24, 2.45) is 0 Å². The van der Waals surface area contributed by atoms with Gasteiger partial charge in [0.2, 0.25) is 0 Å². The molecule has 0 aliphatic carbocycles. The van der Waals surface area contributed by atoms with E-state index >= 15 is 0 Å². The molecule has 0 aromatic heterocycles. The Kier molecular flexibility index (Phi) is 5.00. The summed E-state index contributed by atoms with van der Waals surface area (Å²) in [5.41, 5.74) is 0. The summed E-state index contributed by atoms with van der Waals surface area (Å²) in [6.07, 6.45) is 0.725. The quantitative estimate of drug-likeness (QED) is 0.399. The molecule has 0 bridgehead atoms. The number of thiol groups is 1. The summed E-state index contributed by atoms with van der Waals surface area (Å²) in [7, 11) is -2.25. The van der Waals surface area contributed by atoms with Crippen LogP contribution in [0.25, 0.3) is 0 Å². The first-order valence-corrected chi connectivity index (χ1v) is 3.75. The Bertz CT molecular complexity index is 103. The summed E-state index contributed by atoms with van der Waals surface area (Å²) in [6, 6.07) is 0. The Balaban J connectivity index is 2.94. The van der Waals surface area contributed by atoms with Gasteiger partial charge < -0.3 is 5.32 Å². The molecule has 0 aromatic carbocycles. The first-order chi connectivity index (χ1) is 3.77. The lowest BCUT2D eigenvalue weighted by Gasteiger charge is -1.91. The van der Waals surface area contributed by atoms with Crippen LogP contribution in [0.4, 0.5) is 0 Å². The molecule has 1 radical (unpaired) electrons. The largest absolute Gasteiger partial charge is 0.304 e. The average molecular weight is 136 g/mol. The molecule has 0 amide bonds. The molecule has 1 N–H and O–H groups in total. The third-order valence-electron chi connectivity index (χ3n) is 0.594. The summed E-state index contributed by atoms with van der Waals surface area (Å²) < 4.78 is 19.7. The summed E-state index contributed by atoms with van der Waals surface area (Å²) >= 11 is 0. The molecule has 0 aliphatic rings. The lowest BCUT2D eigenvalue weighted by atomic mass is 10.5. The molecule has 4 heteroatoms.